The standard InChI is InChI=1S/C44H31B/c1-43(2)32-18-7-5-12-26(32)38-28-16-10-20-36-40(28)30(22-34(38)43)24-14-9-15-25-31-23-35-39(27-13-6-8-19-33(27)44(35,3)4)29-17-11-21-37(41(29)31)45(36)42(24)25/h5-23H,1-4H3. The summed E-state index contributed by atoms with van der Waals surface area (Å²) in [6.07, 6.45) is 0. The molecule has 0 spiro atoms. The Labute approximate surface area is 264 Å². The highest BCUT2D eigenvalue weighted by Gasteiger charge is 2.44. The zero-order valence-corrected chi connectivity index (χ0v) is 26.0. The molecule has 0 saturated carbocycles. The fourth-order valence-electron chi connectivity index (χ4n) is 10.1. The van der Waals surface area contributed by atoms with E-state index in [0.717, 1.165) is 0 Å². The van der Waals surface area contributed by atoms with Crippen LogP contribution in [-0.2, 0) is 10.8 Å². The molecule has 0 radical (unpaired) electrons. The van der Waals surface area contributed by atoms with E-state index < -0.39 is 0 Å². The molecule has 7 aromatic rings. The van der Waals surface area contributed by atoms with Crippen molar-refractivity contribution in [1.29, 1.82) is 0 Å². The van der Waals surface area contributed by atoms with E-state index in [-0.39, 0.29) is 17.5 Å². The van der Waals surface area contributed by atoms with E-state index >= 15 is 0 Å². The first kappa shape index (κ1) is 24.4. The van der Waals surface area contributed by atoms with Gasteiger partial charge in [-0.2, -0.15) is 0 Å². The molecule has 2 heterocycles. The minimum Gasteiger partial charge on any atom is -0.0663 e. The molecule has 0 atom stereocenters. The molecule has 210 valence electrons. The van der Waals surface area contributed by atoms with Gasteiger partial charge in [0.05, 0.1) is 0 Å². The molecule has 0 aromatic heterocycles. The highest BCUT2D eigenvalue weighted by Crippen LogP contribution is 2.55. The van der Waals surface area contributed by atoms with Crippen molar-refractivity contribution >= 4 is 44.6 Å². The van der Waals surface area contributed by atoms with Gasteiger partial charge in [0, 0.05) is 10.8 Å². The third-order valence-electron chi connectivity index (χ3n) is 12.1. The molecule has 4 aliphatic rings. The predicted octanol–water partition coefficient (Wildman–Crippen LogP) is 9.08. The van der Waals surface area contributed by atoms with Gasteiger partial charge in [-0.1, -0.05) is 147 Å². The van der Waals surface area contributed by atoms with Crippen LogP contribution in [0.2, 0.25) is 0 Å². The fraction of sp³-hybridized carbons (Fsp3) is 0.136. The van der Waals surface area contributed by atoms with Gasteiger partial charge in [0.1, 0.15) is 0 Å². The van der Waals surface area contributed by atoms with Crippen LogP contribution >= 0.6 is 0 Å². The summed E-state index contributed by atoms with van der Waals surface area (Å²) in [5.41, 5.74) is 21.3. The molecule has 11 rings (SSSR count). The van der Waals surface area contributed by atoms with Gasteiger partial charge in [-0.3, -0.25) is 0 Å². The summed E-state index contributed by atoms with van der Waals surface area (Å²) in [6, 6.07) is 44.7. The summed E-state index contributed by atoms with van der Waals surface area (Å²) in [4.78, 5) is 0. The van der Waals surface area contributed by atoms with Crippen LogP contribution in [0.3, 0.4) is 0 Å². The molecule has 7 aromatic carbocycles. The highest BCUT2D eigenvalue weighted by molar-refractivity contribution is 7.01. The van der Waals surface area contributed by atoms with Crippen molar-refractivity contribution in [3.8, 4) is 44.5 Å². The van der Waals surface area contributed by atoms with Crippen molar-refractivity contribution in [3.05, 3.63) is 138 Å². The highest BCUT2D eigenvalue weighted by atomic mass is 14.4. The smallest absolute Gasteiger partial charge is 0.0663 e. The summed E-state index contributed by atoms with van der Waals surface area (Å²) in [5.74, 6) is 0. The van der Waals surface area contributed by atoms with Crippen molar-refractivity contribution in [1.82, 2.24) is 0 Å². The van der Waals surface area contributed by atoms with Crippen LogP contribution in [-0.4, -0.2) is 6.71 Å². The molecule has 2 aliphatic carbocycles. The third kappa shape index (κ3) is 2.63. The maximum Gasteiger partial charge on any atom is 0.244 e. The third-order valence-corrected chi connectivity index (χ3v) is 12.1. The van der Waals surface area contributed by atoms with E-state index in [9.17, 15) is 0 Å². The lowest BCUT2D eigenvalue weighted by Crippen LogP contribution is -2.57. The van der Waals surface area contributed by atoms with Crippen molar-refractivity contribution in [2.24, 2.45) is 0 Å². The average Bonchev–Trinajstić information content (AvgIpc) is 3.44. The topological polar surface area (TPSA) is 0 Å². The Kier molecular flexibility index (Phi) is 4.17. The van der Waals surface area contributed by atoms with Gasteiger partial charge in [-0.15, -0.1) is 0 Å². The number of hydrogen-bond acceptors (Lipinski definition) is 0. The van der Waals surface area contributed by atoms with Crippen LogP contribution in [0.15, 0.2) is 115 Å². The number of fused-ring (bicyclic) bond motifs is 12. The monoisotopic (exact) mass is 570 g/mol. The van der Waals surface area contributed by atoms with Crippen molar-refractivity contribution < 1.29 is 0 Å². The van der Waals surface area contributed by atoms with Crippen LogP contribution in [0.4, 0.5) is 0 Å². The van der Waals surface area contributed by atoms with Crippen molar-refractivity contribution in [2.45, 2.75) is 38.5 Å². The van der Waals surface area contributed by atoms with Gasteiger partial charge in [0.2, 0.25) is 6.71 Å². The summed E-state index contributed by atoms with van der Waals surface area (Å²) >= 11 is 0. The zero-order valence-electron chi connectivity index (χ0n) is 26.0. The van der Waals surface area contributed by atoms with Crippen LogP contribution < -0.4 is 16.4 Å². The van der Waals surface area contributed by atoms with Crippen molar-refractivity contribution in [2.75, 3.05) is 0 Å². The lowest BCUT2D eigenvalue weighted by atomic mass is 9.31. The Morgan fingerprint density at radius 3 is 1.31 bits per heavy atom. The molecule has 0 N–H and O–H groups in total. The summed E-state index contributed by atoms with van der Waals surface area (Å²) in [7, 11) is 0. The molecule has 0 amide bonds. The minimum atomic E-state index is -0.0440. The average molecular weight is 571 g/mol. The Hall–Kier alpha value is -4.88. The van der Waals surface area contributed by atoms with Gasteiger partial charge < -0.3 is 0 Å². The summed E-state index contributed by atoms with van der Waals surface area (Å²) < 4.78 is 0. The minimum absolute atomic E-state index is 0.0440. The Morgan fingerprint density at radius 1 is 0.400 bits per heavy atom. The molecule has 0 fully saturated rings. The molecule has 0 nitrogen and oxygen atoms in total. The van der Waals surface area contributed by atoms with E-state index in [1.807, 2.05) is 0 Å². The van der Waals surface area contributed by atoms with Crippen LogP contribution in [0.25, 0.3) is 66.1 Å². The van der Waals surface area contributed by atoms with Crippen LogP contribution in [0, 0.1) is 0 Å². The quantitative estimate of drug-likeness (QED) is 0.160. The maximum absolute atomic E-state index is 2.56. The molecule has 0 saturated heterocycles. The Bertz CT molecular complexity index is 2370. The molecule has 2 aliphatic heterocycles. The maximum atomic E-state index is 2.56. The van der Waals surface area contributed by atoms with Crippen LogP contribution in [0.1, 0.15) is 49.9 Å². The van der Waals surface area contributed by atoms with Crippen molar-refractivity contribution in [3.63, 3.8) is 0 Å². The number of benzene rings is 7. The molecule has 1 heteroatoms. The van der Waals surface area contributed by atoms with Gasteiger partial charge >= 0.3 is 0 Å². The number of hydrogen-bond donors (Lipinski definition) is 0. The van der Waals surface area contributed by atoms with E-state index in [1.165, 1.54) is 105 Å². The predicted molar refractivity (Wildman–Crippen MR) is 192 cm³/mol. The first-order valence-corrected chi connectivity index (χ1v) is 16.4. The summed E-state index contributed by atoms with van der Waals surface area (Å²) in [5, 5.41) is 5.67. The van der Waals surface area contributed by atoms with E-state index in [0.29, 0.717) is 0 Å². The van der Waals surface area contributed by atoms with Gasteiger partial charge in [-0.05, 0) is 100 Å². The van der Waals surface area contributed by atoms with Gasteiger partial charge in [0.15, 0.2) is 0 Å². The van der Waals surface area contributed by atoms with E-state index in [4.69, 9.17) is 0 Å². The molecule has 0 unspecified atom stereocenters. The van der Waals surface area contributed by atoms with E-state index in [2.05, 4.69) is 143 Å². The van der Waals surface area contributed by atoms with E-state index in [1.54, 1.807) is 0 Å². The summed E-state index contributed by atoms with van der Waals surface area (Å²) in [6.45, 7) is 9.83. The lowest BCUT2D eigenvalue weighted by molar-refractivity contribution is 0.661. The molecular formula is C44H31B. The first-order chi connectivity index (χ1) is 21.9. The zero-order chi connectivity index (χ0) is 30.0. The van der Waals surface area contributed by atoms with Gasteiger partial charge in [0.25, 0.3) is 0 Å². The normalized spacial score (nSPS) is 16.3. The largest absolute Gasteiger partial charge is 0.244 e. The molecule has 0 bridgehead atoms. The first-order valence-electron chi connectivity index (χ1n) is 16.4. The van der Waals surface area contributed by atoms with Gasteiger partial charge in [-0.25, -0.2) is 0 Å². The SMILES string of the molecule is CC1(C)c2ccccc2-c2c1cc1c3c(cccc23)B2c3c-1cccc3-c1cc3c(c4cccc2c14)-c1ccccc1C3(C)C. The Balaban J connectivity index is 1.30. The fourth-order valence-corrected chi connectivity index (χ4v) is 10.1. The second kappa shape index (κ2) is 7.67. The Morgan fingerprint density at radius 2 is 0.822 bits per heavy atom. The van der Waals surface area contributed by atoms with Crippen LogP contribution in [0.5, 0.6) is 0 Å². The second-order valence-electron chi connectivity index (χ2n) is 14.8. The number of rotatable bonds is 0. The lowest BCUT2D eigenvalue weighted by Gasteiger charge is -2.35. The second-order valence-corrected chi connectivity index (χ2v) is 14.8. The molecule has 45 heavy (non-hydrogen) atoms. The molecular weight excluding hydrogens is 539 g/mol.